The summed E-state index contributed by atoms with van der Waals surface area (Å²) in [6.45, 7) is 17.0. The van der Waals surface area contributed by atoms with E-state index in [1.54, 1.807) is 34.0 Å². The molecule has 0 bridgehead atoms. The molecular formula is C61H95NO15. The van der Waals surface area contributed by atoms with Gasteiger partial charge in [0.05, 0.1) is 31.0 Å². The number of benzene rings is 1. The van der Waals surface area contributed by atoms with Crippen LogP contribution in [0.3, 0.4) is 0 Å². The number of aliphatic hydroxyl groups is 4. The van der Waals surface area contributed by atoms with Gasteiger partial charge in [-0.1, -0.05) is 96.2 Å². The first-order valence-corrected chi connectivity index (χ1v) is 28.4. The summed E-state index contributed by atoms with van der Waals surface area (Å²) in [5.74, 6) is -7.85. The van der Waals surface area contributed by atoms with Crippen molar-refractivity contribution in [1.82, 2.24) is 4.90 Å². The first kappa shape index (κ1) is 65.5. The molecule has 1 saturated carbocycles. The van der Waals surface area contributed by atoms with Crippen LogP contribution in [0.1, 0.15) is 157 Å². The number of likely N-dealkylation sites (tertiary alicyclic amines) is 1. The van der Waals surface area contributed by atoms with Crippen LogP contribution in [-0.4, -0.2) is 150 Å². The third-order valence-corrected chi connectivity index (χ3v) is 16.1. The van der Waals surface area contributed by atoms with Crippen molar-refractivity contribution in [3.8, 4) is 0 Å². The minimum Gasteiger partial charge on any atom is -0.460 e. The average Bonchev–Trinajstić information content (AvgIpc) is 3.42. The topological polar surface area (TPSA) is 225 Å². The number of esters is 1. The highest BCUT2D eigenvalue weighted by Crippen LogP contribution is 2.38. The minimum atomic E-state index is -2.51. The van der Waals surface area contributed by atoms with Gasteiger partial charge >= 0.3 is 5.97 Å². The number of carbonyl (C=O) groups is 5. The van der Waals surface area contributed by atoms with E-state index < -0.39 is 77.9 Å². The predicted octanol–water partition coefficient (Wildman–Crippen LogP) is 8.16. The molecule has 77 heavy (non-hydrogen) atoms. The molecule has 2 aliphatic heterocycles. The van der Waals surface area contributed by atoms with Gasteiger partial charge in [-0.3, -0.25) is 19.2 Å². The Morgan fingerprint density at radius 3 is 2.27 bits per heavy atom. The zero-order valence-electron chi connectivity index (χ0n) is 48.1. The number of ether oxygens (including phenoxy) is 6. The second-order valence-corrected chi connectivity index (χ2v) is 22.7. The second-order valence-electron chi connectivity index (χ2n) is 22.7. The maximum atomic E-state index is 14.6. The van der Waals surface area contributed by atoms with Gasteiger partial charge in [0, 0.05) is 64.6 Å². The molecule has 1 aromatic rings. The number of carbonyl (C=O) groups excluding carboxylic acids is 5. The fraction of sp³-hybridized carbons (Fsp3) is 0.721. The lowest BCUT2D eigenvalue weighted by atomic mass is 9.78. The molecule has 16 heteroatoms. The molecule has 3 aliphatic rings. The van der Waals surface area contributed by atoms with E-state index in [-0.39, 0.29) is 86.5 Å². The van der Waals surface area contributed by atoms with Gasteiger partial charge < -0.3 is 53.7 Å². The van der Waals surface area contributed by atoms with Crippen LogP contribution in [0.25, 0.3) is 0 Å². The zero-order valence-corrected chi connectivity index (χ0v) is 48.1. The third kappa shape index (κ3) is 19.1. The van der Waals surface area contributed by atoms with Gasteiger partial charge in [-0.15, -0.1) is 0 Å². The fourth-order valence-electron chi connectivity index (χ4n) is 11.3. The van der Waals surface area contributed by atoms with Crippen LogP contribution in [0.15, 0.2) is 65.8 Å². The van der Waals surface area contributed by atoms with Crippen molar-refractivity contribution in [2.24, 2.45) is 35.5 Å². The summed E-state index contributed by atoms with van der Waals surface area (Å²) in [6.07, 6.45) is 7.39. The molecule has 4 rings (SSSR count). The Bertz CT molecular complexity index is 2110. The van der Waals surface area contributed by atoms with E-state index in [2.05, 4.69) is 0 Å². The highest BCUT2D eigenvalue weighted by Gasteiger charge is 2.53. The Balaban J connectivity index is 1.56. The maximum Gasteiger partial charge on any atom is 0.329 e. The standard InChI is InChI=1S/C61H95NO15/c1-12-13-20-39(4)52(75-37-50(65)46-21-15-14-16-22-46)35-47-26-24-44(9)61(71,77-47)58(68)59(69)62-28-18-17-23-48(62)60(70)76-53(41(6)33-45-25-27-51(54(34-45)72-10)74-30-19-29-63)36-49(64)40(5)32-43(8)56(67)57(73-11)55(66)42(7)31-38(2)3/h12-16,20-22,32,38,40-42,44-45,47-48,50-54,56-57,63,65,67,71H,17-19,23-31,33-37H2,1-11H3/b13-12+,39-20+,43-32+/t40-,41-,42-,44-,45+,47+,48?,50-,51-,52?,53+,54-,56-,57+,61-/m1/s1. The van der Waals surface area contributed by atoms with Gasteiger partial charge in [-0.25, -0.2) is 4.79 Å². The molecule has 15 atom stereocenters. The van der Waals surface area contributed by atoms with Crippen molar-refractivity contribution in [3.63, 3.8) is 0 Å². The lowest BCUT2D eigenvalue weighted by Crippen LogP contribution is -2.61. The summed E-state index contributed by atoms with van der Waals surface area (Å²) in [7, 11) is 3.02. The van der Waals surface area contributed by atoms with E-state index in [1.807, 2.05) is 90.1 Å². The number of methoxy groups -OCH3 is 2. The van der Waals surface area contributed by atoms with Gasteiger partial charge in [-0.2, -0.15) is 0 Å². The number of hydrogen-bond donors (Lipinski definition) is 4. The lowest BCUT2D eigenvalue weighted by molar-refractivity contribution is -0.266. The SMILES string of the molecule is C/C=C/C=C(\C)C(C[C@@H]1CC[C@@H](C)[C@](O)(C(=O)C(=O)N2CCCCC2C(=O)O[C@@H](CC(=O)[C@H](C)/C=C(\C)[C@@H](O)[C@@H](OC)C(=O)[C@H](C)CC(C)C)[C@H](C)C[C@@H]2CC[C@@H](OCCCO)[C@H](OC)C2)O1)OC[C@@H](O)c1ccccc1. The summed E-state index contributed by atoms with van der Waals surface area (Å²) < 4.78 is 36.3. The number of aliphatic hydroxyl groups excluding tert-OH is 3. The second kappa shape index (κ2) is 32.3. The van der Waals surface area contributed by atoms with E-state index >= 15 is 0 Å². The molecular weight excluding hydrogens is 987 g/mol. The number of Topliss-reactive ketones (excluding diaryl/α,β-unsaturated/α-hetero) is 3. The molecule has 1 aliphatic carbocycles. The Morgan fingerprint density at radius 2 is 1.62 bits per heavy atom. The molecule has 3 fully saturated rings. The molecule has 1 amide bonds. The van der Waals surface area contributed by atoms with Crippen LogP contribution in [0.5, 0.6) is 0 Å². The Hall–Kier alpha value is -3.97. The Labute approximate surface area is 459 Å². The highest BCUT2D eigenvalue weighted by atomic mass is 16.6. The van der Waals surface area contributed by atoms with E-state index in [9.17, 15) is 44.4 Å². The normalized spacial score (nSPS) is 26.8. The van der Waals surface area contributed by atoms with Crippen LogP contribution >= 0.6 is 0 Å². The van der Waals surface area contributed by atoms with E-state index in [0.29, 0.717) is 69.1 Å². The first-order chi connectivity index (χ1) is 36.6. The van der Waals surface area contributed by atoms with Crippen LogP contribution in [-0.2, 0) is 52.4 Å². The van der Waals surface area contributed by atoms with Gasteiger partial charge in [0.2, 0.25) is 5.79 Å². The Morgan fingerprint density at radius 1 is 0.909 bits per heavy atom. The fourth-order valence-corrected chi connectivity index (χ4v) is 11.3. The molecule has 1 aromatic carbocycles. The monoisotopic (exact) mass is 1080 g/mol. The first-order valence-electron chi connectivity index (χ1n) is 28.4. The van der Waals surface area contributed by atoms with Crippen LogP contribution in [0.2, 0.25) is 0 Å². The van der Waals surface area contributed by atoms with Crippen LogP contribution in [0.4, 0.5) is 0 Å². The van der Waals surface area contributed by atoms with Crippen molar-refractivity contribution < 1.29 is 72.8 Å². The summed E-state index contributed by atoms with van der Waals surface area (Å²) >= 11 is 0. The number of amides is 1. The van der Waals surface area contributed by atoms with Gasteiger partial charge in [-0.05, 0) is 126 Å². The maximum absolute atomic E-state index is 14.6. The quantitative estimate of drug-likeness (QED) is 0.0181. The smallest absolute Gasteiger partial charge is 0.329 e. The third-order valence-electron chi connectivity index (χ3n) is 16.1. The highest BCUT2D eigenvalue weighted by molar-refractivity contribution is 6.39. The van der Waals surface area contributed by atoms with E-state index in [1.165, 1.54) is 12.0 Å². The number of hydrogen-bond acceptors (Lipinski definition) is 15. The molecule has 434 valence electrons. The molecule has 0 aromatic heterocycles. The summed E-state index contributed by atoms with van der Waals surface area (Å²) in [4.78, 5) is 72.5. The average molecular weight is 1080 g/mol. The van der Waals surface area contributed by atoms with Crippen molar-refractivity contribution in [3.05, 3.63) is 71.3 Å². The van der Waals surface area contributed by atoms with Crippen LogP contribution < -0.4 is 0 Å². The van der Waals surface area contributed by atoms with Gasteiger partial charge in [0.15, 0.2) is 5.78 Å². The van der Waals surface area contributed by atoms with E-state index in [4.69, 9.17) is 28.4 Å². The molecule has 2 saturated heterocycles. The van der Waals surface area contributed by atoms with Crippen LogP contribution in [0, 0.1) is 35.5 Å². The lowest BCUT2D eigenvalue weighted by Gasteiger charge is -2.43. The van der Waals surface area contributed by atoms with Crippen molar-refractivity contribution in [2.75, 3.05) is 40.6 Å². The number of ketones is 3. The molecule has 16 nitrogen and oxygen atoms in total. The molecule has 0 spiro atoms. The van der Waals surface area contributed by atoms with E-state index in [0.717, 1.165) is 18.4 Å². The number of piperidine rings is 1. The summed E-state index contributed by atoms with van der Waals surface area (Å²) in [5.41, 5.74) is 1.92. The zero-order chi connectivity index (χ0) is 57.0. The number of nitrogens with zero attached hydrogens (tertiary/aromatic N) is 1. The minimum absolute atomic E-state index is 0.0191. The summed E-state index contributed by atoms with van der Waals surface area (Å²) in [6, 6.07) is 7.97. The molecule has 2 heterocycles. The predicted molar refractivity (Wildman–Crippen MR) is 293 cm³/mol. The molecule has 2 unspecified atom stereocenters. The van der Waals surface area contributed by atoms with Crippen molar-refractivity contribution >= 4 is 29.2 Å². The molecule has 4 N–H and O–H groups in total. The number of allylic oxidation sites excluding steroid dienone is 4. The van der Waals surface area contributed by atoms with Crippen molar-refractivity contribution in [2.45, 2.75) is 206 Å². The van der Waals surface area contributed by atoms with Crippen molar-refractivity contribution in [1.29, 1.82) is 0 Å². The number of rotatable bonds is 31. The van der Waals surface area contributed by atoms with Gasteiger partial charge in [0.1, 0.15) is 36.2 Å². The Kier molecular flexibility index (Phi) is 27.5. The van der Waals surface area contributed by atoms with Gasteiger partial charge in [0.25, 0.3) is 11.7 Å². The largest absolute Gasteiger partial charge is 0.460 e. The summed E-state index contributed by atoms with van der Waals surface area (Å²) in [5, 5.41) is 43.8. The molecule has 0 radical (unpaired) electrons.